The predicted octanol–water partition coefficient (Wildman–Crippen LogP) is 2.55. The lowest BCUT2D eigenvalue weighted by Crippen LogP contribution is -2.09. The van der Waals surface area contributed by atoms with Gasteiger partial charge in [-0.1, -0.05) is 0 Å². The first-order valence-electron chi connectivity index (χ1n) is 5.02. The van der Waals surface area contributed by atoms with Crippen molar-refractivity contribution in [1.82, 2.24) is 4.98 Å². The van der Waals surface area contributed by atoms with Crippen LogP contribution in [0.3, 0.4) is 0 Å². The normalized spacial score (nSPS) is 10.1. The van der Waals surface area contributed by atoms with Gasteiger partial charge in [-0.25, -0.2) is 9.78 Å². The van der Waals surface area contributed by atoms with Gasteiger partial charge < -0.3 is 4.74 Å². The van der Waals surface area contributed by atoms with Crippen LogP contribution in [0, 0.1) is 6.92 Å². The third-order valence-electron chi connectivity index (χ3n) is 2.06. The molecule has 0 aliphatic carbocycles. The second kappa shape index (κ2) is 5.28. The van der Waals surface area contributed by atoms with Crippen molar-refractivity contribution in [3.63, 3.8) is 0 Å². The lowest BCUT2D eigenvalue weighted by molar-refractivity contribution is 0.0606. The highest BCUT2D eigenvalue weighted by Gasteiger charge is 2.14. The number of rotatable bonds is 3. The average Bonchev–Trinajstić information content (AvgIpc) is 2.97. The number of nitrogens with one attached hydrogen (secondary N) is 1. The van der Waals surface area contributed by atoms with E-state index in [1.165, 1.54) is 18.4 Å². The fraction of sp³-hybridized carbons (Fsp3) is 0.182. The van der Waals surface area contributed by atoms with Crippen LogP contribution in [0.15, 0.2) is 18.3 Å². The van der Waals surface area contributed by atoms with Crippen LogP contribution in [-0.4, -0.2) is 24.0 Å². The number of methoxy groups -OCH3 is 1. The second-order valence-electron chi connectivity index (χ2n) is 3.39. The maximum absolute atomic E-state index is 11.9. The Kier molecular flexibility index (Phi) is 3.73. The molecule has 18 heavy (non-hydrogen) atoms. The smallest absolute Gasteiger partial charge is 0.348 e. The number of amides is 1. The number of carbonyl (C=O) groups is 2. The number of aromatic nitrogens is 1. The molecule has 7 heteroatoms. The van der Waals surface area contributed by atoms with E-state index in [1.807, 2.05) is 6.92 Å². The number of ether oxygens (including phenoxy) is 1. The predicted molar refractivity (Wildman–Crippen MR) is 70.5 cm³/mol. The molecule has 1 N–H and O–H groups in total. The fourth-order valence-corrected chi connectivity index (χ4v) is 2.72. The largest absolute Gasteiger partial charge is 0.465 e. The van der Waals surface area contributed by atoms with E-state index in [-0.39, 0.29) is 5.91 Å². The van der Waals surface area contributed by atoms with Crippen LogP contribution in [0.5, 0.6) is 0 Å². The summed E-state index contributed by atoms with van der Waals surface area (Å²) >= 11 is 2.49. The number of hydrogen-bond acceptors (Lipinski definition) is 6. The van der Waals surface area contributed by atoms with Crippen LogP contribution in [0.4, 0.5) is 5.13 Å². The van der Waals surface area contributed by atoms with Crippen molar-refractivity contribution >= 4 is 39.7 Å². The summed E-state index contributed by atoms with van der Waals surface area (Å²) in [6, 6.07) is 3.16. The van der Waals surface area contributed by atoms with Crippen LogP contribution < -0.4 is 5.32 Å². The van der Waals surface area contributed by atoms with Crippen molar-refractivity contribution < 1.29 is 14.3 Å². The van der Waals surface area contributed by atoms with E-state index < -0.39 is 5.97 Å². The van der Waals surface area contributed by atoms with Gasteiger partial charge in [0.15, 0.2) is 5.13 Å². The number of esters is 1. The molecule has 0 atom stereocenters. The topological polar surface area (TPSA) is 68.3 Å². The SMILES string of the molecule is COC(=O)c1ccc(C(=O)Nc2ncc(C)s2)s1. The number of anilines is 1. The third-order valence-corrected chi connectivity index (χ3v) is 3.95. The van der Waals surface area contributed by atoms with Gasteiger partial charge >= 0.3 is 5.97 Å². The zero-order chi connectivity index (χ0) is 13.1. The molecule has 0 saturated carbocycles. The minimum absolute atomic E-state index is 0.274. The number of hydrogen-bond donors (Lipinski definition) is 1. The monoisotopic (exact) mass is 282 g/mol. The van der Waals surface area contributed by atoms with E-state index in [0.29, 0.717) is 14.9 Å². The minimum Gasteiger partial charge on any atom is -0.465 e. The molecule has 2 aromatic heterocycles. The van der Waals surface area contributed by atoms with Gasteiger partial charge in [-0.2, -0.15) is 0 Å². The fourth-order valence-electron chi connectivity index (χ4n) is 1.24. The summed E-state index contributed by atoms with van der Waals surface area (Å²) in [4.78, 5) is 29.0. The molecule has 0 radical (unpaired) electrons. The van der Waals surface area contributed by atoms with Crippen LogP contribution in [0.25, 0.3) is 0 Å². The Labute approximate surface area is 111 Å². The van der Waals surface area contributed by atoms with Crippen LogP contribution >= 0.6 is 22.7 Å². The molecule has 0 fully saturated rings. The van der Waals surface area contributed by atoms with Crippen molar-refractivity contribution in [3.8, 4) is 0 Å². The Bertz CT molecular complexity index is 589. The molecule has 0 spiro atoms. The maximum Gasteiger partial charge on any atom is 0.348 e. The second-order valence-corrected chi connectivity index (χ2v) is 5.70. The first kappa shape index (κ1) is 12.7. The van der Waals surface area contributed by atoms with Gasteiger partial charge in [0.2, 0.25) is 0 Å². The third kappa shape index (κ3) is 2.74. The molecule has 2 rings (SSSR count). The van der Waals surface area contributed by atoms with Crippen molar-refractivity contribution in [3.05, 3.63) is 33.0 Å². The Balaban J connectivity index is 2.09. The van der Waals surface area contributed by atoms with Crippen LogP contribution in [0.2, 0.25) is 0 Å². The number of thiazole rings is 1. The van der Waals surface area contributed by atoms with Crippen LogP contribution in [0.1, 0.15) is 24.2 Å². The summed E-state index contributed by atoms with van der Waals surface area (Å²) in [6.45, 7) is 1.91. The minimum atomic E-state index is -0.441. The summed E-state index contributed by atoms with van der Waals surface area (Å²) < 4.78 is 4.58. The molecule has 1 amide bonds. The zero-order valence-electron chi connectivity index (χ0n) is 9.72. The maximum atomic E-state index is 11.9. The van der Waals surface area contributed by atoms with Crippen molar-refractivity contribution in [2.24, 2.45) is 0 Å². The Morgan fingerprint density at radius 1 is 1.28 bits per heavy atom. The highest BCUT2D eigenvalue weighted by atomic mass is 32.1. The highest BCUT2D eigenvalue weighted by molar-refractivity contribution is 7.17. The molecule has 0 bridgehead atoms. The van der Waals surface area contributed by atoms with Gasteiger partial charge in [-0.15, -0.1) is 22.7 Å². The lowest BCUT2D eigenvalue weighted by atomic mass is 10.4. The number of carbonyl (C=O) groups excluding carboxylic acids is 2. The lowest BCUT2D eigenvalue weighted by Gasteiger charge is -1.97. The highest BCUT2D eigenvalue weighted by Crippen LogP contribution is 2.21. The van der Waals surface area contributed by atoms with Gasteiger partial charge in [0.1, 0.15) is 4.88 Å². The van der Waals surface area contributed by atoms with Gasteiger partial charge in [0.05, 0.1) is 12.0 Å². The molecule has 2 heterocycles. The molecule has 0 saturated heterocycles. The quantitative estimate of drug-likeness (QED) is 0.878. The van der Waals surface area contributed by atoms with E-state index in [1.54, 1.807) is 18.3 Å². The van der Waals surface area contributed by atoms with Gasteiger partial charge in [0.25, 0.3) is 5.91 Å². The molecule has 0 aromatic carbocycles. The van der Waals surface area contributed by atoms with Crippen molar-refractivity contribution in [2.75, 3.05) is 12.4 Å². The Morgan fingerprint density at radius 2 is 2.00 bits per heavy atom. The van der Waals surface area contributed by atoms with Gasteiger partial charge in [-0.05, 0) is 19.1 Å². The average molecular weight is 282 g/mol. The summed E-state index contributed by atoms with van der Waals surface area (Å²) in [5.41, 5.74) is 0. The summed E-state index contributed by atoms with van der Waals surface area (Å²) in [5, 5.41) is 3.22. The van der Waals surface area contributed by atoms with Crippen LogP contribution in [-0.2, 0) is 4.74 Å². The summed E-state index contributed by atoms with van der Waals surface area (Å²) in [6.07, 6.45) is 1.69. The van der Waals surface area contributed by atoms with Gasteiger partial charge in [0, 0.05) is 11.1 Å². The Hall–Kier alpha value is -1.73. The van der Waals surface area contributed by atoms with E-state index >= 15 is 0 Å². The van der Waals surface area contributed by atoms with Crippen molar-refractivity contribution in [1.29, 1.82) is 0 Å². The summed E-state index contributed by atoms with van der Waals surface area (Å²) in [7, 11) is 1.31. The zero-order valence-corrected chi connectivity index (χ0v) is 11.4. The number of nitrogens with zero attached hydrogens (tertiary/aromatic N) is 1. The molecule has 0 unspecified atom stereocenters. The molecule has 5 nitrogen and oxygen atoms in total. The summed E-state index contributed by atoms with van der Waals surface area (Å²) in [5.74, 6) is -0.714. The molecular weight excluding hydrogens is 272 g/mol. The standard InChI is InChI=1S/C11H10N2O3S2/c1-6-5-12-11(17-6)13-9(14)7-3-4-8(18-7)10(15)16-2/h3-5H,1-2H3,(H,12,13,14). The first-order chi connectivity index (χ1) is 8.60. The molecular formula is C11H10N2O3S2. The van der Waals surface area contributed by atoms with Crippen molar-refractivity contribution in [2.45, 2.75) is 6.92 Å². The first-order valence-corrected chi connectivity index (χ1v) is 6.65. The Morgan fingerprint density at radius 3 is 2.61 bits per heavy atom. The van der Waals surface area contributed by atoms with Gasteiger partial charge in [-0.3, -0.25) is 10.1 Å². The van der Waals surface area contributed by atoms with E-state index in [0.717, 1.165) is 16.2 Å². The molecule has 0 aliphatic heterocycles. The molecule has 94 valence electrons. The van der Waals surface area contributed by atoms with E-state index in [2.05, 4.69) is 15.0 Å². The number of thiophene rings is 1. The van der Waals surface area contributed by atoms with E-state index in [4.69, 9.17) is 0 Å². The number of aryl methyl sites for hydroxylation is 1. The molecule has 2 aromatic rings. The molecule has 0 aliphatic rings. The van der Waals surface area contributed by atoms with E-state index in [9.17, 15) is 9.59 Å².